The summed E-state index contributed by atoms with van der Waals surface area (Å²) in [5.74, 6) is 0.528. The van der Waals surface area contributed by atoms with Crippen LogP contribution in [0.4, 0.5) is 10.8 Å². The number of thiazole rings is 1. The summed E-state index contributed by atoms with van der Waals surface area (Å²) in [7, 11) is 1.63. The fourth-order valence-corrected chi connectivity index (χ4v) is 4.32. The van der Waals surface area contributed by atoms with Crippen molar-refractivity contribution in [2.24, 2.45) is 15.3 Å². The van der Waals surface area contributed by atoms with E-state index in [2.05, 4.69) is 32.4 Å². The van der Waals surface area contributed by atoms with E-state index >= 15 is 0 Å². The lowest BCUT2D eigenvalue weighted by atomic mass is 10.1. The monoisotopic (exact) mass is 433 g/mol. The van der Waals surface area contributed by atoms with Crippen molar-refractivity contribution in [1.82, 2.24) is 4.98 Å². The summed E-state index contributed by atoms with van der Waals surface area (Å²) < 4.78 is 5.20. The van der Waals surface area contributed by atoms with Crippen LogP contribution in [0.25, 0.3) is 11.3 Å². The van der Waals surface area contributed by atoms with E-state index in [4.69, 9.17) is 4.74 Å². The highest BCUT2D eigenvalue weighted by atomic mass is 32.1. The third-order valence-electron chi connectivity index (χ3n) is 5.06. The molecule has 1 unspecified atom stereocenters. The van der Waals surface area contributed by atoms with Gasteiger partial charge >= 0.3 is 0 Å². The van der Waals surface area contributed by atoms with Crippen LogP contribution in [-0.2, 0) is 4.79 Å². The number of carbonyl (C=O) groups is 1. The summed E-state index contributed by atoms with van der Waals surface area (Å²) >= 11 is 1.36. The molecule has 1 amide bonds. The lowest BCUT2D eigenvalue weighted by molar-refractivity contribution is -0.117. The number of aromatic nitrogens is 1. The Labute approximate surface area is 185 Å². The Morgan fingerprint density at radius 3 is 2.39 bits per heavy atom. The molecule has 0 saturated heterocycles. The van der Waals surface area contributed by atoms with E-state index in [1.54, 1.807) is 14.0 Å². The van der Waals surface area contributed by atoms with Gasteiger partial charge in [0.05, 0.1) is 24.2 Å². The van der Waals surface area contributed by atoms with Crippen molar-refractivity contribution in [3.05, 3.63) is 58.5 Å². The molecule has 0 bridgehead atoms. The minimum Gasteiger partial charge on any atom is -0.497 e. The van der Waals surface area contributed by atoms with E-state index in [9.17, 15) is 4.79 Å². The first kappa shape index (κ1) is 20.9. The predicted molar refractivity (Wildman–Crippen MR) is 124 cm³/mol. The van der Waals surface area contributed by atoms with Crippen LogP contribution in [0.2, 0.25) is 0 Å². The first-order valence-corrected chi connectivity index (χ1v) is 10.7. The average molecular weight is 434 g/mol. The van der Waals surface area contributed by atoms with Crippen LogP contribution in [-0.4, -0.2) is 29.8 Å². The van der Waals surface area contributed by atoms with Crippen LogP contribution in [0.3, 0.4) is 0 Å². The summed E-state index contributed by atoms with van der Waals surface area (Å²) in [4.78, 5) is 17.6. The number of ether oxygens (including phenoxy) is 1. The number of carbonyl (C=O) groups excluding carboxylic acids is 1. The molecule has 3 aromatic rings. The molecule has 0 fully saturated rings. The summed E-state index contributed by atoms with van der Waals surface area (Å²) in [6.45, 7) is 7.82. The van der Waals surface area contributed by atoms with E-state index in [1.165, 1.54) is 21.9 Å². The number of nitrogens with zero attached hydrogens (tertiary/aromatic N) is 5. The summed E-state index contributed by atoms with van der Waals surface area (Å²) in [6, 6.07) is 11.0. The number of aryl methyl sites for hydroxylation is 3. The number of benzene rings is 2. The Morgan fingerprint density at radius 1 is 1.06 bits per heavy atom. The molecule has 0 N–H and O–H groups in total. The average Bonchev–Trinajstić information content (AvgIpc) is 3.33. The van der Waals surface area contributed by atoms with E-state index in [0.29, 0.717) is 10.8 Å². The topological polar surface area (TPSA) is 79.5 Å². The maximum Gasteiger partial charge on any atom is 0.282 e. The Bertz CT molecular complexity index is 1170. The van der Waals surface area contributed by atoms with Gasteiger partial charge in [0, 0.05) is 10.9 Å². The minimum atomic E-state index is -0.742. The van der Waals surface area contributed by atoms with Crippen LogP contribution in [0.15, 0.2) is 57.1 Å². The quantitative estimate of drug-likeness (QED) is 0.490. The van der Waals surface area contributed by atoms with E-state index < -0.39 is 6.04 Å². The molecular weight excluding hydrogens is 410 g/mol. The fraction of sp³-hybridized carbons (Fsp3) is 0.261. The first-order valence-electron chi connectivity index (χ1n) is 9.85. The number of hydrogen-bond acceptors (Lipinski definition) is 7. The molecule has 7 nitrogen and oxygen atoms in total. The zero-order chi connectivity index (χ0) is 22.1. The molecule has 0 aliphatic carbocycles. The van der Waals surface area contributed by atoms with Crippen LogP contribution < -0.4 is 9.75 Å². The maximum absolute atomic E-state index is 13.0. The van der Waals surface area contributed by atoms with Gasteiger partial charge in [0.15, 0.2) is 6.04 Å². The summed E-state index contributed by atoms with van der Waals surface area (Å²) in [5.41, 5.74) is 6.34. The SMILES string of the molecule is COc1ccc(-c2csc(N3N=C(C)C(N=Nc4c(C)cc(C)cc4C)C3=O)n2)cc1. The molecule has 1 aliphatic rings. The van der Waals surface area contributed by atoms with Crippen molar-refractivity contribution < 1.29 is 9.53 Å². The Hall–Kier alpha value is -3.39. The molecule has 0 spiro atoms. The molecule has 1 aromatic heterocycles. The van der Waals surface area contributed by atoms with Crippen LogP contribution >= 0.6 is 11.3 Å². The summed E-state index contributed by atoms with van der Waals surface area (Å²) in [6.07, 6.45) is 0. The van der Waals surface area contributed by atoms with Gasteiger partial charge in [-0.2, -0.15) is 20.3 Å². The van der Waals surface area contributed by atoms with Gasteiger partial charge in [0.1, 0.15) is 5.75 Å². The molecule has 31 heavy (non-hydrogen) atoms. The molecule has 1 atom stereocenters. The molecule has 4 rings (SSSR count). The van der Waals surface area contributed by atoms with Crippen LogP contribution in [0.1, 0.15) is 23.6 Å². The van der Waals surface area contributed by atoms with Gasteiger partial charge in [-0.05, 0) is 63.1 Å². The lowest BCUT2D eigenvalue weighted by Gasteiger charge is -2.09. The normalized spacial score (nSPS) is 16.3. The van der Waals surface area contributed by atoms with Crippen LogP contribution in [0.5, 0.6) is 5.75 Å². The first-order chi connectivity index (χ1) is 14.9. The Morgan fingerprint density at radius 2 is 1.74 bits per heavy atom. The lowest BCUT2D eigenvalue weighted by Crippen LogP contribution is -2.29. The highest BCUT2D eigenvalue weighted by molar-refractivity contribution is 7.14. The number of azo groups is 1. The Kier molecular flexibility index (Phi) is 5.65. The molecule has 158 valence electrons. The molecule has 8 heteroatoms. The van der Waals surface area contributed by atoms with Gasteiger partial charge < -0.3 is 4.74 Å². The number of methoxy groups -OCH3 is 1. The number of hydrogen-bond donors (Lipinski definition) is 0. The minimum absolute atomic E-state index is 0.251. The molecule has 0 saturated carbocycles. The third kappa shape index (κ3) is 4.11. The van der Waals surface area contributed by atoms with E-state index in [1.807, 2.05) is 50.4 Å². The van der Waals surface area contributed by atoms with Gasteiger partial charge in [0.2, 0.25) is 5.13 Å². The second kappa shape index (κ2) is 8.39. The second-order valence-electron chi connectivity index (χ2n) is 7.50. The molecule has 1 aliphatic heterocycles. The Balaban J connectivity index is 1.55. The van der Waals surface area contributed by atoms with Crippen molar-refractivity contribution in [3.63, 3.8) is 0 Å². The van der Waals surface area contributed by atoms with E-state index in [-0.39, 0.29) is 5.91 Å². The van der Waals surface area contributed by atoms with Crippen molar-refractivity contribution in [3.8, 4) is 17.0 Å². The summed E-state index contributed by atoms with van der Waals surface area (Å²) in [5, 5.41) is 16.9. The molecule has 2 aromatic carbocycles. The second-order valence-corrected chi connectivity index (χ2v) is 8.34. The van der Waals surface area contributed by atoms with Crippen molar-refractivity contribution in [2.75, 3.05) is 12.1 Å². The van der Waals surface area contributed by atoms with E-state index in [0.717, 1.165) is 33.8 Å². The zero-order valence-electron chi connectivity index (χ0n) is 18.1. The van der Waals surface area contributed by atoms with Crippen molar-refractivity contribution >= 4 is 33.8 Å². The number of anilines is 1. The highest BCUT2D eigenvalue weighted by Gasteiger charge is 2.36. The number of rotatable bonds is 5. The van der Waals surface area contributed by atoms with Crippen molar-refractivity contribution in [2.45, 2.75) is 33.7 Å². The standard InChI is InChI=1S/C23H23N5O2S/c1-13-10-14(2)20(15(3)11-13)25-26-21-16(4)27-28(22(21)29)23-24-19(12-31-23)17-6-8-18(30-5)9-7-17/h6-12,21H,1-5H3. The van der Waals surface area contributed by atoms with Gasteiger partial charge in [-0.25, -0.2) is 4.98 Å². The number of amides is 1. The molecule has 0 radical (unpaired) electrons. The van der Waals surface area contributed by atoms with Gasteiger partial charge in [-0.3, -0.25) is 4.79 Å². The van der Waals surface area contributed by atoms with Gasteiger partial charge in [0.25, 0.3) is 5.91 Å². The predicted octanol–water partition coefficient (Wildman–Crippen LogP) is 5.62. The number of hydrazone groups is 1. The van der Waals surface area contributed by atoms with Crippen molar-refractivity contribution in [1.29, 1.82) is 0 Å². The molecule has 2 heterocycles. The largest absolute Gasteiger partial charge is 0.497 e. The van der Waals surface area contributed by atoms with Gasteiger partial charge in [-0.1, -0.05) is 17.7 Å². The van der Waals surface area contributed by atoms with Crippen LogP contribution in [0, 0.1) is 20.8 Å². The smallest absolute Gasteiger partial charge is 0.282 e. The van der Waals surface area contributed by atoms with Gasteiger partial charge in [-0.15, -0.1) is 11.3 Å². The highest BCUT2D eigenvalue weighted by Crippen LogP contribution is 2.32. The maximum atomic E-state index is 13.0. The molecular formula is C23H23N5O2S. The fourth-order valence-electron chi connectivity index (χ4n) is 3.53. The zero-order valence-corrected chi connectivity index (χ0v) is 18.9. The third-order valence-corrected chi connectivity index (χ3v) is 5.88.